The molecule has 0 aromatic heterocycles. The number of hydrogen-bond donors (Lipinski definition) is 1. The number of nitrogens with one attached hydrogen (secondary N) is 1. The topological polar surface area (TPSA) is 92.3 Å². The van der Waals surface area contributed by atoms with Gasteiger partial charge in [0.2, 0.25) is 0 Å². The van der Waals surface area contributed by atoms with Gasteiger partial charge >= 0.3 is 12.2 Å². The second kappa shape index (κ2) is 11.4. The molecule has 1 N–H and O–H groups in total. The lowest BCUT2D eigenvalue weighted by molar-refractivity contribution is -0.0116. The summed E-state index contributed by atoms with van der Waals surface area (Å²) >= 11 is 0. The molecule has 2 unspecified atom stereocenters. The van der Waals surface area contributed by atoms with Crippen molar-refractivity contribution in [3.05, 3.63) is 0 Å². The molecular weight excluding hydrogens is 270 g/mol. The summed E-state index contributed by atoms with van der Waals surface area (Å²) in [6.45, 7) is 2.21. The highest BCUT2D eigenvalue weighted by Gasteiger charge is 2.15. The largest absolute Gasteiger partial charge is 0.446 e. The molecule has 0 aromatic carbocycles. The van der Waals surface area contributed by atoms with Crippen molar-refractivity contribution in [3.8, 4) is 0 Å². The molecular formula is C12H23NO7. The normalized spacial score (nSPS) is 13.4. The van der Waals surface area contributed by atoms with Crippen LogP contribution in [0.15, 0.2) is 0 Å². The van der Waals surface area contributed by atoms with Crippen LogP contribution in [-0.4, -0.2) is 65.5 Å². The third kappa shape index (κ3) is 8.68. The first-order valence-corrected chi connectivity index (χ1v) is 6.22. The molecule has 0 bridgehead atoms. The fourth-order valence-corrected chi connectivity index (χ4v) is 1.22. The Bertz CT molecular complexity index is 281. The van der Waals surface area contributed by atoms with Gasteiger partial charge in [0.15, 0.2) is 0 Å². The van der Waals surface area contributed by atoms with Gasteiger partial charge in [0.05, 0.1) is 12.7 Å². The molecule has 0 aliphatic heterocycles. The van der Waals surface area contributed by atoms with Crippen molar-refractivity contribution >= 4 is 12.2 Å². The second-order valence-corrected chi connectivity index (χ2v) is 3.90. The molecule has 0 aliphatic rings. The van der Waals surface area contributed by atoms with Gasteiger partial charge in [-0.3, -0.25) is 0 Å². The van der Waals surface area contributed by atoms with Crippen molar-refractivity contribution in [2.24, 2.45) is 0 Å². The molecule has 8 nitrogen and oxygen atoms in total. The second-order valence-electron chi connectivity index (χ2n) is 3.90. The van der Waals surface area contributed by atoms with Crippen LogP contribution in [0.5, 0.6) is 0 Å². The van der Waals surface area contributed by atoms with E-state index in [1.807, 2.05) is 12.2 Å². The van der Waals surface area contributed by atoms with Gasteiger partial charge in [0, 0.05) is 21.3 Å². The fourth-order valence-electron chi connectivity index (χ4n) is 1.22. The summed E-state index contributed by atoms with van der Waals surface area (Å²) in [5, 5.41) is 1.93. The summed E-state index contributed by atoms with van der Waals surface area (Å²) in [5.74, 6) is 0. The number of amides is 2. The Hall–Kier alpha value is -1.38. The number of ether oxygens (including phenoxy) is 5. The van der Waals surface area contributed by atoms with E-state index < -0.39 is 12.2 Å². The standard InChI is InChI=1S/C12H23NO7/c1-5-9(17-3)7-19-11(14)13-12(15)20-8-10(18-4)6-16-2/h9-10H,5-8H2,1-4H3,(H,13,14,15). The Labute approximate surface area is 118 Å². The van der Waals surface area contributed by atoms with Crippen molar-refractivity contribution < 1.29 is 33.3 Å². The first-order valence-electron chi connectivity index (χ1n) is 6.22. The number of imide groups is 1. The Morgan fingerprint density at radius 2 is 1.40 bits per heavy atom. The number of alkyl carbamates (subject to hydrolysis) is 2. The maximum Gasteiger partial charge on any atom is 0.416 e. The summed E-state index contributed by atoms with van der Waals surface area (Å²) in [5.41, 5.74) is 0. The molecule has 0 spiro atoms. The lowest BCUT2D eigenvalue weighted by Gasteiger charge is -2.15. The zero-order chi connectivity index (χ0) is 15.4. The van der Waals surface area contributed by atoms with Gasteiger partial charge in [0.25, 0.3) is 0 Å². The number of rotatable bonds is 9. The molecule has 0 aromatic rings. The molecule has 0 fully saturated rings. The van der Waals surface area contributed by atoms with E-state index in [1.165, 1.54) is 21.3 Å². The van der Waals surface area contributed by atoms with Crippen molar-refractivity contribution in [1.29, 1.82) is 0 Å². The molecule has 118 valence electrons. The van der Waals surface area contributed by atoms with Crippen LogP contribution in [0, 0.1) is 0 Å². The van der Waals surface area contributed by atoms with Crippen LogP contribution >= 0.6 is 0 Å². The van der Waals surface area contributed by atoms with Gasteiger partial charge in [-0.05, 0) is 6.42 Å². The van der Waals surface area contributed by atoms with Gasteiger partial charge in [-0.25, -0.2) is 14.9 Å². The Morgan fingerprint density at radius 1 is 0.900 bits per heavy atom. The Balaban J connectivity index is 3.87. The van der Waals surface area contributed by atoms with Crippen molar-refractivity contribution in [1.82, 2.24) is 5.32 Å². The third-order valence-electron chi connectivity index (χ3n) is 2.48. The highest BCUT2D eigenvalue weighted by Crippen LogP contribution is 1.97. The zero-order valence-electron chi connectivity index (χ0n) is 12.3. The Kier molecular flexibility index (Phi) is 10.7. The van der Waals surface area contributed by atoms with E-state index in [4.69, 9.17) is 23.7 Å². The molecule has 0 heterocycles. The molecule has 0 aliphatic carbocycles. The Morgan fingerprint density at radius 3 is 1.80 bits per heavy atom. The monoisotopic (exact) mass is 293 g/mol. The number of carbonyl (C=O) groups is 2. The minimum absolute atomic E-state index is 0.0287. The minimum atomic E-state index is -0.904. The van der Waals surface area contributed by atoms with Gasteiger partial charge in [0.1, 0.15) is 19.3 Å². The van der Waals surface area contributed by atoms with Crippen molar-refractivity contribution in [3.63, 3.8) is 0 Å². The predicted octanol–water partition coefficient (Wildman–Crippen LogP) is 0.936. The number of methoxy groups -OCH3 is 3. The van der Waals surface area contributed by atoms with Gasteiger partial charge in [-0.2, -0.15) is 0 Å². The summed E-state index contributed by atoms with van der Waals surface area (Å²) in [7, 11) is 4.49. The van der Waals surface area contributed by atoms with E-state index >= 15 is 0 Å². The zero-order valence-corrected chi connectivity index (χ0v) is 12.3. The maximum atomic E-state index is 11.3. The first-order chi connectivity index (χ1) is 9.57. The molecule has 0 rings (SSSR count). The number of hydrogen-bond acceptors (Lipinski definition) is 7. The van der Waals surface area contributed by atoms with Crippen LogP contribution in [0.4, 0.5) is 9.59 Å². The quantitative estimate of drug-likeness (QED) is 0.676. The van der Waals surface area contributed by atoms with E-state index in [-0.39, 0.29) is 32.0 Å². The van der Waals surface area contributed by atoms with E-state index in [0.29, 0.717) is 6.42 Å². The first kappa shape index (κ1) is 18.6. The smallest absolute Gasteiger partial charge is 0.416 e. The highest BCUT2D eigenvalue weighted by atomic mass is 16.6. The van der Waals surface area contributed by atoms with E-state index in [1.54, 1.807) is 0 Å². The van der Waals surface area contributed by atoms with Crippen LogP contribution in [0.1, 0.15) is 13.3 Å². The molecule has 0 saturated heterocycles. The predicted molar refractivity (Wildman–Crippen MR) is 69.6 cm³/mol. The van der Waals surface area contributed by atoms with Crippen LogP contribution < -0.4 is 5.32 Å². The average molecular weight is 293 g/mol. The average Bonchev–Trinajstić information content (AvgIpc) is 2.44. The summed E-state index contributed by atoms with van der Waals surface area (Å²) in [6, 6.07) is 0. The molecule has 20 heavy (non-hydrogen) atoms. The lowest BCUT2D eigenvalue weighted by atomic mass is 10.3. The molecule has 0 saturated carbocycles. The SMILES string of the molecule is CCC(COC(=O)NC(=O)OCC(COC)OC)OC. The summed E-state index contributed by atoms with van der Waals surface area (Å²) < 4.78 is 24.5. The summed E-state index contributed by atoms with van der Waals surface area (Å²) in [4.78, 5) is 22.6. The van der Waals surface area contributed by atoms with E-state index in [0.717, 1.165) is 0 Å². The molecule has 8 heteroatoms. The van der Waals surface area contributed by atoms with Crippen LogP contribution in [0.2, 0.25) is 0 Å². The van der Waals surface area contributed by atoms with Crippen LogP contribution in [-0.2, 0) is 23.7 Å². The van der Waals surface area contributed by atoms with E-state index in [9.17, 15) is 9.59 Å². The van der Waals surface area contributed by atoms with Crippen LogP contribution in [0.25, 0.3) is 0 Å². The van der Waals surface area contributed by atoms with Gasteiger partial charge < -0.3 is 23.7 Å². The van der Waals surface area contributed by atoms with E-state index in [2.05, 4.69) is 0 Å². The fraction of sp³-hybridized carbons (Fsp3) is 0.833. The van der Waals surface area contributed by atoms with Crippen molar-refractivity contribution in [2.45, 2.75) is 25.6 Å². The molecule has 0 radical (unpaired) electrons. The molecule has 2 atom stereocenters. The van der Waals surface area contributed by atoms with Crippen LogP contribution in [0.3, 0.4) is 0 Å². The van der Waals surface area contributed by atoms with Crippen molar-refractivity contribution in [2.75, 3.05) is 41.2 Å². The maximum absolute atomic E-state index is 11.3. The third-order valence-corrected chi connectivity index (χ3v) is 2.48. The molecule has 2 amide bonds. The van der Waals surface area contributed by atoms with Gasteiger partial charge in [-0.1, -0.05) is 6.92 Å². The lowest BCUT2D eigenvalue weighted by Crippen LogP contribution is -2.36. The number of carbonyl (C=O) groups excluding carboxylic acids is 2. The summed E-state index contributed by atoms with van der Waals surface area (Å²) in [6.07, 6.45) is -1.68. The minimum Gasteiger partial charge on any atom is -0.446 e. The van der Waals surface area contributed by atoms with Gasteiger partial charge in [-0.15, -0.1) is 0 Å². The highest BCUT2D eigenvalue weighted by molar-refractivity contribution is 5.87.